The maximum atomic E-state index is 11.6. The molecule has 0 saturated carbocycles. The predicted molar refractivity (Wildman–Crippen MR) is 73.3 cm³/mol. The summed E-state index contributed by atoms with van der Waals surface area (Å²) in [7, 11) is 0. The van der Waals surface area contributed by atoms with E-state index in [0.29, 0.717) is 19.6 Å². The summed E-state index contributed by atoms with van der Waals surface area (Å²) in [5, 5.41) is 2.85. The Hall–Kier alpha value is -1.39. The second-order valence-electron chi connectivity index (χ2n) is 4.47. The van der Waals surface area contributed by atoms with Crippen LogP contribution in [0.2, 0.25) is 0 Å². The molecule has 4 heteroatoms. The molecule has 0 unspecified atom stereocenters. The van der Waals surface area contributed by atoms with Crippen molar-refractivity contribution in [1.82, 2.24) is 0 Å². The van der Waals surface area contributed by atoms with Gasteiger partial charge >= 0.3 is 0 Å². The number of nitrogens with two attached hydrogens (primary N) is 1. The molecule has 1 aromatic carbocycles. The highest BCUT2D eigenvalue weighted by Gasteiger charge is 2.02. The van der Waals surface area contributed by atoms with E-state index >= 15 is 0 Å². The fourth-order valence-corrected chi connectivity index (χ4v) is 1.50. The van der Waals surface area contributed by atoms with Crippen molar-refractivity contribution < 1.29 is 9.53 Å². The number of carbonyl (C=O) groups is 1. The van der Waals surface area contributed by atoms with Crippen molar-refractivity contribution in [2.45, 2.75) is 39.3 Å². The minimum absolute atomic E-state index is 0.0165. The standard InChI is InChI=1S/C14H22N2O2/c1-11(2)18-9-3-4-14(17)16-13-7-5-12(10-15)6-8-13/h5-8,11H,3-4,9-10,15H2,1-2H3,(H,16,17). The van der Waals surface area contributed by atoms with Crippen LogP contribution in [0.1, 0.15) is 32.3 Å². The summed E-state index contributed by atoms with van der Waals surface area (Å²) >= 11 is 0. The maximum Gasteiger partial charge on any atom is 0.224 e. The van der Waals surface area contributed by atoms with Gasteiger partial charge in [0.1, 0.15) is 0 Å². The van der Waals surface area contributed by atoms with Crippen molar-refractivity contribution in [3.63, 3.8) is 0 Å². The smallest absolute Gasteiger partial charge is 0.224 e. The number of carbonyl (C=O) groups excluding carboxylic acids is 1. The van der Waals surface area contributed by atoms with Crippen LogP contribution in [-0.2, 0) is 16.1 Å². The van der Waals surface area contributed by atoms with Crippen LogP contribution in [0.4, 0.5) is 5.69 Å². The Labute approximate surface area is 109 Å². The number of rotatable bonds is 7. The van der Waals surface area contributed by atoms with Gasteiger partial charge in [-0.05, 0) is 38.0 Å². The first-order chi connectivity index (χ1) is 8.61. The molecule has 1 rings (SSSR count). The first-order valence-corrected chi connectivity index (χ1v) is 6.32. The third-order valence-electron chi connectivity index (χ3n) is 2.47. The molecule has 0 fully saturated rings. The number of ether oxygens (including phenoxy) is 1. The lowest BCUT2D eigenvalue weighted by atomic mass is 10.2. The van der Waals surface area contributed by atoms with Gasteiger partial charge < -0.3 is 15.8 Å². The van der Waals surface area contributed by atoms with Crippen molar-refractivity contribution in [2.75, 3.05) is 11.9 Å². The largest absolute Gasteiger partial charge is 0.379 e. The molecule has 0 bridgehead atoms. The van der Waals surface area contributed by atoms with E-state index in [9.17, 15) is 4.79 Å². The van der Waals surface area contributed by atoms with E-state index in [2.05, 4.69) is 5.32 Å². The van der Waals surface area contributed by atoms with E-state index in [4.69, 9.17) is 10.5 Å². The fraction of sp³-hybridized carbons (Fsp3) is 0.500. The number of hydrogen-bond acceptors (Lipinski definition) is 3. The molecule has 0 aliphatic rings. The molecule has 1 aromatic rings. The van der Waals surface area contributed by atoms with Crippen molar-refractivity contribution in [1.29, 1.82) is 0 Å². The molecule has 18 heavy (non-hydrogen) atoms. The molecule has 0 atom stereocenters. The quantitative estimate of drug-likeness (QED) is 0.730. The van der Waals surface area contributed by atoms with Crippen LogP contribution in [0.15, 0.2) is 24.3 Å². The Morgan fingerprint density at radius 3 is 2.56 bits per heavy atom. The third kappa shape index (κ3) is 5.80. The molecule has 0 heterocycles. The van der Waals surface area contributed by atoms with E-state index < -0.39 is 0 Å². The zero-order valence-electron chi connectivity index (χ0n) is 11.1. The summed E-state index contributed by atoms with van der Waals surface area (Å²) in [6, 6.07) is 7.56. The third-order valence-corrected chi connectivity index (χ3v) is 2.47. The Bertz CT molecular complexity index is 361. The van der Waals surface area contributed by atoms with Crippen LogP contribution in [0.25, 0.3) is 0 Å². The van der Waals surface area contributed by atoms with Crippen LogP contribution < -0.4 is 11.1 Å². The monoisotopic (exact) mass is 250 g/mol. The van der Waals surface area contributed by atoms with E-state index in [1.54, 1.807) is 0 Å². The first kappa shape index (κ1) is 14.7. The SMILES string of the molecule is CC(C)OCCCC(=O)Nc1ccc(CN)cc1. The predicted octanol–water partition coefficient (Wildman–Crippen LogP) is 2.29. The highest BCUT2D eigenvalue weighted by Crippen LogP contribution is 2.09. The van der Waals surface area contributed by atoms with Crippen LogP contribution >= 0.6 is 0 Å². The highest BCUT2D eigenvalue weighted by atomic mass is 16.5. The number of anilines is 1. The average Bonchev–Trinajstić information content (AvgIpc) is 2.35. The number of hydrogen-bond donors (Lipinski definition) is 2. The van der Waals surface area contributed by atoms with Crippen molar-refractivity contribution in [3.05, 3.63) is 29.8 Å². The molecule has 4 nitrogen and oxygen atoms in total. The van der Waals surface area contributed by atoms with E-state index in [1.165, 1.54) is 0 Å². The van der Waals surface area contributed by atoms with Gasteiger partial charge in [0.2, 0.25) is 5.91 Å². The van der Waals surface area contributed by atoms with Crippen LogP contribution in [0, 0.1) is 0 Å². The molecule has 0 saturated heterocycles. The molecule has 1 amide bonds. The molecule has 0 aliphatic carbocycles. The lowest BCUT2D eigenvalue weighted by Gasteiger charge is -2.08. The topological polar surface area (TPSA) is 64.3 Å². The second-order valence-corrected chi connectivity index (χ2v) is 4.47. The Morgan fingerprint density at radius 1 is 1.33 bits per heavy atom. The molecule has 3 N–H and O–H groups in total. The van der Waals surface area contributed by atoms with Crippen molar-refractivity contribution in [2.24, 2.45) is 5.73 Å². The van der Waals surface area contributed by atoms with Gasteiger partial charge in [0, 0.05) is 25.3 Å². The summed E-state index contributed by atoms with van der Waals surface area (Å²) in [5.74, 6) is 0.0165. The van der Waals surface area contributed by atoms with E-state index in [-0.39, 0.29) is 12.0 Å². The molecule has 0 radical (unpaired) electrons. The highest BCUT2D eigenvalue weighted by molar-refractivity contribution is 5.90. The van der Waals surface area contributed by atoms with Gasteiger partial charge in [-0.15, -0.1) is 0 Å². The van der Waals surface area contributed by atoms with Crippen LogP contribution in [0.5, 0.6) is 0 Å². The summed E-state index contributed by atoms with van der Waals surface area (Å²) in [4.78, 5) is 11.6. The zero-order valence-corrected chi connectivity index (χ0v) is 11.1. The van der Waals surface area contributed by atoms with E-state index in [1.807, 2.05) is 38.1 Å². The number of amides is 1. The van der Waals surface area contributed by atoms with Gasteiger partial charge in [-0.3, -0.25) is 4.79 Å². The average molecular weight is 250 g/mol. The van der Waals surface area contributed by atoms with Gasteiger partial charge in [-0.2, -0.15) is 0 Å². The molecule has 100 valence electrons. The molecular formula is C14H22N2O2. The minimum atomic E-state index is 0.0165. The molecule has 0 aliphatic heterocycles. The van der Waals surface area contributed by atoms with Gasteiger partial charge in [0.05, 0.1) is 6.10 Å². The molecule has 0 spiro atoms. The number of nitrogens with one attached hydrogen (secondary N) is 1. The Kier molecular flexibility index (Phi) is 6.39. The van der Waals surface area contributed by atoms with Gasteiger partial charge in [-0.25, -0.2) is 0 Å². The van der Waals surface area contributed by atoms with Gasteiger partial charge in [-0.1, -0.05) is 12.1 Å². The first-order valence-electron chi connectivity index (χ1n) is 6.32. The summed E-state index contributed by atoms with van der Waals surface area (Å²) in [6.07, 6.45) is 1.44. The lowest BCUT2D eigenvalue weighted by Crippen LogP contribution is -2.13. The molecule has 0 aromatic heterocycles. The van der Waals surface area contributed by atoms with Crippen LogP contribution in [-0.4, -0.2) is 18.6 Å². The summed E-state index contributed by atoms with van der Waals surface area (Å²) < 4.78 is 5.38. The van der Waals surface area contributed by atoms with Gasteiger partial charge in [0.25, 0.3) is 0 Å². The lowest BCUT2D eigenvalue weighted by molar-refractivity contribution is -0.116. The van der Waals surface area contributed by atoms with Gasteiger partial charge in [0.15, 0.2) is 0 Å². The maximum absolute atomic E-state index is 11.6. The normalized spacial score (nSPS) is 10.7. The fourth-order valence-electron chi connectivity index (χ4n) is 1.50. The summed E-state index contributed by atoms with van der Waals surface area (Å²) in [5.41, 5.74) is 7.37. The zero-order chi connectivity index (χ0) is 13.4. The summed E-state index contributed by atoms with van der Waals surface area (Å²) in [6.45, 7) is 5.11. The van der Waals surface area contributed by atoms with Crippen molar-refractivity contribution >= 4 is 11.6 Å². The second kappa shape index (κ2) is 7.84. The number of benzene rings is 1. The van der Waals surface area contributed by atoms with E-state index in [0.717, 1.165) is 17.7 Å². The van der Waals surface area contributed by atoms with Crippen molar-refractivity contribution in [3.8, 4) is 0 Å². The Balaban J connectivity index is 2.26. The van der Waals surface area contributed by atoms with Crippen LogP contribution in [0.3, 0.4) is 0 Å². The Morgan fingerprint density at radius 2 is 2.00 bits per heavy atom. The minimum Gasteiger partial charge on any atom is -0.379 e. The molecular weight excluding hydrogens is 228 g/mol.